The van der Waals surface area contributed by atoms with Gasteiger partial charge in [-0.05, 0) is 51.8 Å². The van der Waals surface area contributed by atoms with Crippen molar-refractivity contribution >= 4 is 34.0 Å². The van der Waals surface area contributed by atoms with Gasteiger partial charge >= 0.3 is 0 Å². The maximum absolute atomic E-state index is 12.1. The van der Waals surface area contributed by atoms with Gasteiger partial charge in [0.2, 0.25) is 0 Å². The second kappa shape index (κ2) is 10.0. The van der Waals surface area contributed by atoms with Gasteiger partial charge in [-0.25, -0.2) is 5.43 Å². The number of halogens is 1. The zero-order chi connectivity index (χ0) is 20.6. The van der Waals surface area contributed by atoms with Gasteiger partial charge in [0, 0.05) is 13.1 Å². The Balaban J connectivity index is 1.53. The summed E-state index contributed by atoms with van der Waals surface area (Å²) in [4.78, 5) is 25.9. The minimum absolute atomic E-state index is 0.0529. The third-order valence-corrected chi connectivity index (χ3v) is 4.82. The fraction of sp³-hybridized carbons (Fsp3) is 0.250. The van der Waals surface area contributed by atoms with Crippen LogP contribution in [-0.4, -0.2) is 60.9 Å². The summed E-state index contributed by atoms with van der Waals surface area (Å²) < 4.78 is 11.5. The lowest BCUT2D eigenvalue weighted by Gasteiger charge is -2.26. The fourth-order valence-electron chi connectivity index (χ4n) is 2.65. The number of amides is 2. The summed E-state index contributed by atoms with van der Waals surface area (Å²) in [5, 5.41) is 13.6. The van der Waals surface area contributed by atoms with E-state index < -0.39 is 5.91 Å². The van der Waals surface area contributed by atoms with Crippen molar-refractivity contribution in [2.45, 2.75) is 0 Å². The molecule has 0 aliphatic carbocycles. The van der Waals surface area contributed by atoms with E-state index >= 15 is 0 Å². The normalized spacial score (nSPS) is 14.0. The molecule has 0 saturated carbocycles. The predicted molar refractivity (Wildman–Crippen MR) is 110 cm³/mol. The molecule has 2 N–H and O–H groups in total. The van der Waals surface area contributed by atoms with Gasteiger partial charge in [-0.3, -0.25) is 9.59 Å². The molecular weight excluding hydrogens is 442 g/mol. The first-order valence-electron chi connectivity index (χ1n) is 8.94. The molecule has 9 heteroatoms. The number of hydrazone groups is 1. The Bertz CT molecular complexity index is 913. The quantitative estimate of drug-likeness (QED) is 0.506. The number of para-hydroxylation sites is 1. The monoisotopic (exact) mass is 461 g/mol. The second-order valence-corrected chi connectivity index (χ2v) is 7.04. The number of morpholine rings is 1. The third-order valence-electron chi connectivity index (χ3n) is 4.20. The molecule has 1 saturated heterocycles. The predicted octanol–water partition coefficient (Wildman–Crippen LogP) is 2.16. The molecule has 1 fully saturated rings. The van der Waals surface area contributed by atoms with E-state index in [9.17, 15) is 14.7 Å². The second-order valence-electron chi connectivity index (χ2n) is 6.19. The van der Waals surface area contributed by atoms with Crippen molar-refractivity contribution in [3.8, 4) is 11.5 Å². The van der Waals surface area contributed by atoms with E-state index in [-0.39, 0.29) is 23.8 Å². The molecule has 1 aliphatic heterocycles. The first-order chi connectivity index (χ1) is 14.0. The van der Waals surface area contributed by atoms with Crippen molar-refractivity contribution in [1.29, 1.82) is 0 Å². The van der Waals surface area contributed by atoms with Crippen molar-refractivity contribution in [2.24, 2.45) is 5.10 Å². The number of carbonyl (C=O) groups is 2. The van der Waals surface area contributed by atoms with Crippen LogP contribution in [0, 0.1) is 0 Å². The summed E-state index contributed by atoms with van der Waals surface area (Å²) in [6.45, 7) is 2.19. The molecule has 0 unspecified atom stereocenters. The number of benzene rings is 2. The van der Waals surface area contributed by atoms with E-state index in [0.29, 0.717) is 42.1 Å². The summed E-state index contributed by atoms with van der Waals surface area (Å²) in [5.74, 6) is -0.184. The SMILES string of the molecule is O=C(NN=Cc1ccc(OCC(=O)N2CCOCC2)c(Br)c1)c1ccccc1O. The maximum Gasteiger partial charge on any atom is 0.275 e. The van der Waals surface area contributed by atoms with Gasteiger partial charge in [0.05, 0.1) is 29.5 Å². The number of rotatable bonds is 6. The number of nitrogens with one attached hydrogen (secondary N) is 1. The summed E-state index contributed by atoms with van der Waals surface area (Å²) in [7, 11) is 0. The summed E-state index contributed by atoms with van der Waals surface area (Å²) in [6, 6.07) is 11.4. The van der Waals surface area contributed by atoms with E-state index in [0.717, 1.165) is 0 Å². The molecule has 0 spiro atoms. The number of phenols is 1. The molecule has 2 aromatic carbocycles. The van der Waals surface area contributed by atoms with Gasteiger partial charge in [-0.1, -0.05) is 12.1 Å². The Labute approximate surface area is 176 Å². The number of aromatic hydroxyl groups is 1. The Kier molecular flexibility index (Phi) is 7.20. The van der Waals surface area contributed by atoms with Crippen LogP contribution in [0.5, 0.6) is 11.5 Å². The molecule has 8 nitrogen and oxygen atoms in total. The largest absolute Gasteiger partial charge is 0.507 e. The number of ether oxygens (including phenoxy) is 2. The molecule has 0 bridgehead atoms. The minimum atomic E-state index is -0.514. The standard InChI is InChI=1S/C20H20BrN3O5/c21-16-11-14(12-22-23-20(27)15-3-1-2-4-17(15)25)5-6-18(16)29-13-19(26)24-7-9-28-10-8-24/h1-6,11-12,25H,7-10,13H2,(H,23,27). The molecule has 1 heterocycles. The average molecular weight is 462 g/mol. The van der Waals surface area contributed by atoms with Crippen molar-refractivity contribution in [3.63, 3.8) is 0 Å². The number of hydrogen-bond acceptors (Lipinski definition) is 6. The van der Waals surface area contributed by atoms with Crippen LogP contribution in [0.4, 0.5) is 0 Å². The van der Waals surface area contributed by atoms with Crippen molar-refractivity contribution in [2.75, 3.05) is 32.9 Å². The summed E-state index contributed by atoms with van der Waals surface area (Å²) >= 11 is 3.41. The lowest BCUT2D eigenvalue weighted by molar-refractivity contribution is -0.137. The van der Waals surface area contributed by atoms with Crippen LogP contribution in [0.1, 0.15) is 15.9 Å². The maximum atomic E-state index is 12.1. The lowest BCUT2D eigenvalue weighted by atomic mass is 10.2. The Morgan fingerprint density at radius 2 is 2.00 bits per heavy atom. The zero-order valence-electron chi connectivity index (χ0n) is 15.5. The van der Waals surface area contributed by atoms with E-state index in [2.05, 4.69) is 26.5 Å². The average Bonchev–Trinajstić information content (AvgIpc) is 2.74. The number of nitrogens with zero attached hydrogens (tertiary/aromatic N) is 2. The minimum Gasteiger partial charge on any atom is -0.507 e. The van der Waals surface area contributed by atoms with Crippen LogP contribution in [0.2, 0.25) is 0 Å². The van der Waals surface area contributed by atoms with Gasteiger partial charge < -0.3 is 19.5 Å². The van der Waals surface area contributed by atoms with Crippen LogP contribution >= 0.6 is 15.9 Å². The van der Waals surface area contributed by atoms with Gasteiger partial charge in [0.1, 0.15) is 11.5 Å². The highest BCUT2D eigenvalue weighted by Gasteiger charge is 2.17. The van der Waals surface area contributed by atoms with Crippen LogP contribution in [0.3, 0.4) is 0 Å². The van der Waals surface area contributed by atoms with E-state index in [4.69, 9.17) is 9.47 Å². The van der Waals surface area contributed by atoms with Gasteiger partial charge in [-0.15, -0.1) is 0 Å². The first-order valence-corrected chi connectivity index (χ1v) is 9.73. The third kappa shape index (κ3) is 5.78. The molecule has 2 amide bonds. The van der Waals surface area contributed by atoms with Crippen LogP contribution in [0.15, 0.2) is 52.0 Å². The lowest BCUT2D eigenvalue weighted by Crippen LogP contribution is -2.43. The molecule has 3 rings (SSSR count). The number of phenolic OH excluding ortho intramolecular Hbond substituents is 1. The van der Waals surface area contributed by atoms with Crippen molar-refractivity contribution < 1.29 is 24.2 Å². The van der Waals surface area contributed by atoms with Crippen molar-refractivity contribution in [1.82, 2.24) is 10.3 Å². The van der Waals surface area contributed by atoms with Gasteiger partial charge in [0.25, 0.3) is 11.8 Å². The Morgan fingerprint density at radius 3 is 2.72 bits per heavy atom. The highest BCUT2D eigenvalue weighted by molar-refractivity contribution is 9.10. The van der Waals surface area contributed by atoms with Crippen LogP contribution in [0.25, 0.3) is 0 Å². The van der Waals surface area contributed by atoms with Crippen LogP contribution < -0.4 is 10.2 Å². The highest BCUT2D eigenvalue weighted by atomic mass is 79.9. The van der Waals surface area contributed by atoms with Crippen LogP contribution in [-0.2, 0) is 9.53 Å². The highest BCUT2D eigenvalue weighted by Crippen LogP contribution is 2.25. The first kappa shape index (κ1) is 20.8. The van der Waals surface area contributed by atoms with Gasteiger partial charge in [0.15, 0.2) is 6.61 Å². The molecule has 29 heavy (non-hydrogen) atoms. The Hall–Kier alpha value is -2.91. The summed E-state index contributed by atoms with van der Waals surface area (Å²) in [5.41, 5.74) is 3.21. The smallest absolute Gasteiger partial charge is 0.275 e. The van der Waals surface area contributed by atoms with E-state index in [1.54, 1.807) is 35.2 Å². The number of carbonyl (C=O) groups excluding carboxylic acids is 2. The fourth-order valence-corrected chi connectivity index (χ4v) is 3.16. The number of hydrogen-bond donors (Lipinski definition) is 2. The van der Waals surface area contributed by atoms with E-state index in [1.807, 2.05) is 0 Å². The van der Waals surface area contributed by atoms with Crippen molar-refractivity contribution in [3.05, 3.63) is 58.1 Å². The van der Waals surface area contributed by atoms with E-state index in [1.165, 1.54) is 18.3 Å². The summed E-state index contributed by atoms with van der Waals surface area (Å²) in [6.07, 6.45) is 1.46. The molecule has 152 valence electrons. The molecule has 2 aromatic rings. The topological polar surface area (TPSA) is 100 Å². The molecular formula is C20H20BrN3O5. The molecule has 1 aliphatic rings. The van der Waals surface area contributed by atoms with Gasteiger partial charge in [-0.2, -0.15) is 5.10 Å². The zero-order valence-corrected chi connectivity index (χ0v) is 17.1. The molecule has 0 atom stereocenters. The Morgan fingerprint density at radius 1 is 1.24 bits per heavy atom. The molecule has 0 aromatic heterocycles. The molecule has 0 radical (unpaired) electrons.